The van der Waals surface area contributed by atoms with Gasteiger partial charge in [-0.1, -0.05) is 19.1 Å². The van der Waals surface area contributed by atoms with Gasteiger partial charge in [0.1, 0.15) is 11.3 Å². The van der Waals surface area contributed by atoms with Gasteiger partial charge >= 0.3 is 5.69 Å². The van der Waals surface area contributed by atoms with Gasteiger partial charge in [0.05, 0.1) is 0 Å². The van der Waals surface area contributed by atoms with Crippen LogP contribution in [-0.4, -0.2) is 24.1 Å². The molecule has 154 valence electrons. The molecule has 3 N–H and O–H groups in total. The number of nitrogens with two attached hydrogens (primary N) is 1. The summed E-state index contributed by atoms with van der Waals surface area (Å²) in [5.74, 6) is 0.642. The van der Waals surface area contributed by atoms with Crippen LogP contribution in [0.5, 0.6) is 0 Å². The van der Waals surface area contributed by atoms with E-state index in [0.717, 1.165) is 11.1 Å². The number of aromatic amines is 1. The second kappa shape index (κ2) is 8.36. The summed E-state index contributed by atoms with van der Waals surface area (Å²) in [6.45, 7) is 2.73. The Morgan fingerprint density at radius 1 is 0.967 bits per heavy atom. The van der Waals surface area contributed by atoms with Crippen LogP contribution >= 0.6 is 0 Å². The number of aromatic nitrogens is 5. The number of nitrogen functional groups attached to an aromatic ring is 1. The standard InChI is InChI=1S/C22H24N6O2/c1-2-12-28-21(29)19-20(26-18(25-19)14-16-7-10-24-11-8-16)27(22(28)30)13-9-15-3-5-17(23)6-4-15/h3-8,10-11H,2,9,12-14,23H2,1H3,(H,25,26). The number of nitrogens with zero attached hydrogens (tertiary/aromatic N) is 4. The number of anilines is 1. The topological polar surface area (TPSA) is 112 Å². The minimum Gasteiger partial charge on any atom is -0.399 e. The van der Waals surface area contributed by atoms with Crippen molar-refractivity contribution < 1.29 is 0 Å². The van der Waals surface area contributed by atoms with E-state index in [1.807, 2.05) is 43.3 Å². The predicted octanol–water partition coefficient (Wildman–Crippen LogP) is 2.11. The van der Waals surface area contributed by atoms with E-state index in [9.17, 15) is 9.59 Å². The number of aryl methyl sites for hydroxylation is 2. The molecule has 0 radical (unpaired) electrons. The Labute approximate surface area is 173 Å². The quantitative estimate of drug-likeness (QED) is 0.458. The number of fused-ring (bicyclic) bond motifs is 1. The minimum atomic E-state index is -0.327. The summed E-state index contributed by atoms with van der Waals surface area (Å²) in [7, 11) is 0. The Hall–Kier alpha value is -3.68. The Balaban J connectivity index is 1.76. The molecule has 30 heavy (non-hydrogen) atoms. The number of H-pyrrole nitrogens is 1. The average Bonchev–Trinajstić information content (AvgIpc) is 3.17. The van der Waals surface area contributed by atoms with Crippen LogP contribution in [0.3, 0.4) is 0 Å². The molecular formula is C22H24N6O2. The van der Waals surface area contributed by atoms with Crippen molar-refractivity contribution in [2.45, 2.75) is 39.3 Å². The van der Waals surface area contributed by atoms with Crippen molar-refractivity contribution >= 4 is 16.9 Å². The first-order valence-electron chi connectivity index (χ1n) is 10.0. The van der Waals surface area contributed by atoms with E-state index in [1.54, 1.807) is 17.0 Å². The lowest BCUT2D eigenvalue weighted by Crippen LogP contribution is -2.40. The number of hydrogen-bond donors (Lipinski definition) is 2. The summed E-state index contributed by atoms with van der Waals surface area (Å²) in [5.41, 5.74) is 8.65. The molecule has 3 heterocycles. The molecule has 0 bridgehead atoms. The molecule has 0 unspecified atom stereocenters. The van der Waals surface area contributed by atoms with E-state index >= 15 is 0 Å². The van der Waals surface area contributed by atoms with E-state index in [4.69, 9.17) is 5.73 Å². The summed E-state index contributed by atoms with van der Waals surface area (Å²) >= 11 is 0. The molecule has 0 atom stereocenters. The maximum absolute atomic E-state index is 13.1. The summed E-state index contributed by atoms with van der Waals surface area (Å²) in [4.78, 5) is 37.8. The van der Waals surface area contributed by atoms with Gasteiger partial charge in [0.2, 0.25) is 0 Å². The van der Waals surface area contributed by atoms with Crippen LogP contribution in [0.15, 0.2) is 58.4 Å². The fraction of sp³-hybridized carbons (Fsp3) is 0.273. The van der Waals surface area contributed by atoms with Crippen molar-refractivity contribution in [3.63, 3.8) is 0 Å². The molecule has 0 spiro atoms. The lowest BCUT2D eigenvalue weighted by molar-refractivity contribution is 0.559. The van der Waals surface area contributed by atoms with Crippen LogP contribution in [0.4, 0.5) is 5.69 Å². The van der Waals surface area contributed by atoms with Gasteiger partial charge in [0.25, 0.3) is 5.56 Å². The predicted molar refractivity (Wildman–Crippen MR) is 117 cm³/mol. The molecule has 3 aromatic heterocycles. The first-order chi connectivity index (χ1) is 14.6. The van der Waals surface area contributed by atoms with Crippen LogP contribution in [0.25, 0.3) is 11.2 Å². The summed E-state index contributed by atoms with van der Waals surface area (Å²) in [6, 6.07) is 11.4. The third-order valence-corrected chi connectivity index (χ3v) is 5.08. The first kappa shape index (κ1) is 19.6. The Morgan fingerprint density at radius 3 is 2.40 bits per heavy atom. The van der Waals surface area contributed by atoms with Crippen LogP contribution in [0.1, 0.15) is 30.3 Å². The van der Waals surface area contributed by atoms with Crippen molar-refractivity contribution in [1.82, 2.24) is 24.1 Å². The SMILES string of the molecule is CCCn1c(=O)c2[nH]c(Cc3ccncc3)nc2n(CCc2ccc(N)cc2)c1=O. The van der Waals surface area contributed by atoms with E-state index in [0.29, 0.717) is 55.0 Å². The summed E-state index contributed by atoms with van der Waals surface area (Å²) < 4.78 is 2.88. The molecular weight excluding hydrogens is 380 g/mol. The first-order valence-corrected chi connectivity index (χ1v) is 10.0. The highest BCUT2D eigenvalue weighted by Gasteiger charge is 2.17. The zero-order valence-corrected chi connectivity index (χ0v) is 16.8. The third-order valence-electron chi connectivity index (χ3n) is 5.08. The highest BCUT2D eigenvalue weighted by molar-refractivity contribution is 5.70. The molecule has 0 aliphatic carbocycles. The van der Waals surface area contributed by atoms with Crippen molar-refractivity contribution in [3.8, 4) is 0 Å². The van der Waals surface area contributed by atoms with Crippen molar-refractivity contribution in [3.05, 3.63) is 86.6 Å². The summed E-state index contributed by atoms with van der Waals surface area (Å²) in [5, 5.41) is 0. The molecule has 0 amide bonds. The lowest BCUT2D eigenvalue weighted by Gasteiger charge is -2.11. The zero-order valence-electron chi connectivity index (χ0n) is 16.8. The largest absolute Gasteiger partial charge is 0.399 e. The van der Waals surface area contributed by atoms with E-state index in [-0.39, 0.29) is 11.2 Å². The smallest absolute Gasteiger partial charge is 0.332 e. The Bertz CT molecular complexity index is 1270. The fourth-order valence-corrected chi connectivity index (χ4v) is 3.54. The van der Waals surface area contributed by atoms with Gasteiger partial charge in [0.15, 0.2) is 5.65 Å². The summed E-state index contributed by atoms with van der Waals surface area (Å²) in [6.07, 6.45) is 5.28. The van der Waals surface area contributed by atoms with Crippen molar-refractivity contribution in [2.75, 3.05) is 5.73 Å². The molecule has 0 saturated carbocycles. The molecule has 4 aromatic rings. The van der Waals surface area contributed by atoms with E-state index in [2.05, 4.69) is 15.0 Å². The van der Waals surface area contributed by atoms with Gasteiger partial charge in [-0.2, -0.15) is 0 Å². The van der Waals surface area contributed by atoms with Gasteiger partial charge in [-0.05, 0) is 48.2 Å². The van der Waals surface area contributed by atoms with Gasteiger partial charge in [-0.25, -0.2) is 9.78 Å². The second-order valence-corrected chi connectivity index (χ2v) is 7.30. The highest BCUT2D eigenvalue weighted by atomic mass is 16.2. The molecule has 0 saturated heterocycles. The average molecular weight is 404 g/mol. The fourth-order valence-electron chi connectivity index (χ4n) is 3.54. The van der Waals surface area contributed by atoms with Crippen LogP contribution in [0.2, 0.25) is 0 Å². The van der Waals surface area contributed by atoms with Crippen molar-refractivity contribution in [1.29, 1.82) is 0 Å². The van der Waals surface area contributed by atoms with Crippen LogP contribution < -0.4 is 17.0 Å². The Kier molecular flexibility index (Phi) is 5.47. The number of imidazole rings is 1. The third kappa shape index (κ3) is 3.89. The molecule has 0 fully saturated rings. The zero-order chi connectivity index (χ0) is 21.1. The molecule has 0 aliphatic heterocycles. The van der Waals surface area contributed by atoms with Crippen LogP contribution in [-0.2, 0) is 25.9 Å². The van der Waals surface area contributed by atoms with E-state index in [1.165, 1.54) is 4.57 Å². The number of pyridine rings is 1. The minimum absolute atomic E-state index is 0.325. The molecule has 8 nitrogen and oxygen atoms in total. The molecule has 4 rings (SSSR count). The maximum Gasteiger partial charge on any atom is 0.332 e. The number of hydrogen-bond acceptors (Lipinski definition) is 5. The van der Waals surface area contributed by atoms with Gasteiger partial charge < -0.3 is 10.7 Å². The maximum atomic E-state index is 13.1. The molecule has 1 aromatic carbocycles. The second-order valence-electron chi connectivity index (χ2n) is 7.30. The van der Waals surface area contributed by atoms with Gasteiger partial charge in [-0.15, -0.1) is 0 Å². The van der Waals surface area contributed by atoms with Gasteiger partial charge in [-0.3, -0.25) is 18.9 Å². The molecule has 8 heteroatoms. The number of nitrogens with one attached hydrogen (secondary N) is 1. The van der Waals surface area contributed by atoms with Gasteiger partial charge in [0, 0.05) is 37.6 Å². The van der Waals surface area contributed by atoms with Crippen LogP contribution in [0, 0.1) is 0 Å². The highest BCUT2D eigenvalue weighted by Crippen LogP contribution is 2.12. The number of rotatable bonds is 7. The van der Waals surface area contributed by atoms with Crippen molar-refractivity contribution in [2.24, 2.45) is 0 Å². The van der Waals surface area contributed by atoms with E-state index < -0.39 is 0 Å². The Morgan fingerprint density at radius 2 is 1.70 bits per heavy atom. The normalized spacial score (nSPS) is 11.2. The monoisotopic (exact) mass is 404 g/mol. The lowest BCUT2D eigenvalue weighted by atomic mass is 10.1. The number of benzene rings is 1. The molecule has 0 aliphatic rings.